The van der Waals surface area contributed by atoms with E-state index in [0.29, 0.717) is 53.2 Å². The van der Waals surface area contributed by atoms with Gasteiger partial charge in [-0.1, -0.05) is 6.07 Å². The van der Waals surface area contributed by atoms with Gasteiger partial charge in [-0.05, 0) is 30.2 Å². The van der Waals surface area contributed by atoms with Crippen molar-refractivity contribution in [1.82, 2.24) is 9.97 Å². The van der Waals surface area contributed by atoms with Gasteiger partial charge >= 0.3 is 5.97 Å². The van der Waals surface area contributed by atoms with Gasteiger partial charge in [0.2, 0.25) is 0 Å². The lowest BCUT2D eigenvalue weighted by molar-refractivity contribution is 0.0593. The van der Waals surface area contributed by atoms with E-state index in [1.807, 2.05) is 23.1 Å². The molecule has 1 aliphatic heterocycles. The smallest absolute Gasteiger partial charge is 0.356 e. The van der Waals surface area contributed by atoms with Crippen LogP contribution in [0.4, 0.5) is 10.1 Å². The number of carbonyl (C=O) groups excluding carboxylic acids is 1. The largest absolute Gasteiger partial charge is 0.496 e. The molecule has 1 saturated heterocycles. The quantitative estimate of drug-likeness (QED) is 0.383. The monoisotopic (exact) mass is 472 g/mol. The van der Waals surface area contributed by atoms with Gasteiger partial charge in [-0.3, -0.25) is 4.98 Å². The van der Waals surface area contributed by atoms with Crippen LogP contribution in [0.15, 0.2) is 53.2 Å². The Hall–Kier alpha value is -4.45. The molecule has 0 N–H and O–H groups in total. The Kier molecular flexibility index (Phi) is 5.79. The summed E-state index contributed by atoms with van der Waals surface area (Å²) in [6.45, 7) is 0.876. The van der Waals surface area contributed by atoms with Crippen LogP contribution in [0.25, 0.3) is 33.6 Å². The minimum atomic E-state index is -0.879. The summed E-state index contributed by atoms with van der Waals surface area (Å²) in [5, 5.41) is 9.76. The van der Waals surface area contributed by atoms with Crippen LogP contribution in [0.1, 0.15) is 22.5 Å². The summed E-state index contributed by atoms with van der Waals surface area (Å²) >= 11 is 0. The average Bonchev–Trinajstić information content (AvgIpc) is 3.53. The van der Waals surface area contributed by atoms with E-state index in [0.717, 1.165) is 16.8 Å². The number of benzene rings is 1. The second-order valence-corrected chi connectivity index (χ2v) is 8.12. The first-order valence-electron chi connectivity index (χ1n) is 11.0. The molecule has 3 aromatic heterocycles. The number of furan rings is 1. The number of alkyl halides is 1. The molecule has 0 saturated carbocycles. The van der Waals surface area contributed by atoms with Crippen molar-refractivity contribution < 1.29 is 23.1 Å². The Bertz CT molecular complexity index is 1480. The van der Waals surface area contributed by atoms with Crippen LogP contribution < -0.4 is 9.64 Å². The number of hydrogen-bond acceptors (Lipinski definition) is 8. The topological polar surface area (TPSA) is 101 Å². The number of aromatic nitrogens is 2. The number of ether oxygens (including phenoxy) is 2. The normalized spacial score (nSPS) is 15.3. The predicted octanol–water partition coefficient (Wildman–Crippen LogP) is 4.77. The highest BCUT2D eigenvalue weighted by molar-refractivity contribution is 5.94. The molecule has 8 nitrogen and oxygen atoms in total. The number of anilines is 1. The maximum absolute atomic E-state index is 13.7. The lowest BCUT2D eigenvalue weighted by atomic mass is 10.0. The molecule has 1 unspecified atom stereocenters. The molecule has 4 aromatic rings. The van der Waals surface area contributed by atoms with Crippen molar-refractivity contribution in [3.05, 3.63) is 60.0 Å². The Morgan fingerprint density at radius 2 is 2.06 bits per heavy atom. The molecule has 35 heavy (non-hydrogen) atoms. The summed E-state index contributed by atoms with van der Waals surface area (Å²) in [6.07, 6.45) is 2.74. The van der Waals surface area contributed by atoms with Gasteiger partial charge < -0.3 is 18.8 Å². The van der Waals surface area contributed by atoms with Gasteiger partial charge in [-0.25, -0.2) is 14.2 Å². The molecule has 9 heteroatoms. The van der Waals surface area contributed by atoms with Crippen molar-refractivity contribution in [2.45, 2.75) is 12.6 Å². The van der Waals surface area contributed by atoms with Crippen LogP contribution in [0.3, 0.4) is 0 Å². The third-order valence-corrected chi connectivity index (χ3v) is 6.06. The number of rotatable bonds is 5. The highest BCUT2D eigenvalue weighted by atomic mass is 19.1. The molecule has 1 aliphatic rings. The van der Waals surface area contributed by atoms with E-state index in [-0.39, 0.29) is 5.69 Å². The Morgan fingerprint density at radius 1 is 1.20 bits per heavy atom. The first kappa shape index (κ1) is 22.3. The van der Waals surface area contributed by atoms with Gasteiger partial charge in [0.1, 0.15) is 29.3 Å². The maximum atomic E-state index is 13.7. The highest BCUT2D eigenvalue weighted by Crippen LogP contribution is 2.38. The molecule has 5 rings (SSSR count). The average molecular weight is 472 g/mol. The highest BCUT2D eigenvalue weighted by Gasteiger charge is 2.24. The van der Waals surface area contributed by atoms with E-state index in [2.05, 4.69) is 16.0 Å². The van der Waals surface area contributed by atoms with Crippen LogP contribution in [0.2, 0.25) is 0 Å². The second-order valence-electron chi connectivity index (χ2n) is 8.12. The number of halogens is 1. The Morgan fingerprint density at radius 3 is 2.77 bits per heavy atom. The van der Waals surface area contributed by atoms with Crippen molar-refractivity contribution in [3.63, 3.8) is 0 Å². The minimum absolute atomic E-state index is 0.115. The number of hydrogen-bond donors (Lipinski definition) is 0. The van der Waals surface area contributed by atoms with Gasteiger partial charge in [0.25, 0.3) is 0 Å². The molecular weight excluding hydrogens is 451 g/mol. The molecule has 0 radical (unpaired) electrons. The molecule has 0 aliphatic carbocycles. The van der Waals surface area contributed by atoms with Gasteiger partial charge in [-0.15, -0.1) is 0 Å². The molecule has 4 heterocycles. The summed E-state index contributed by atoms with van der Waals surface area (Å²) in [5.41, 5.74) is 4.53. The van der Waals surface area contributed by atoms with E-state index in [4.69, 9.17) is 13.9 Å². The SMILES string of the molecule is COC(=O)c1cc(OC)c(-c2cc3nccc(-c4ccc(N5CCC(F)C5)c(C#N)c4)c3o2)cn1. The fraction of sp³-hybridized carbons (Fsp3) is 0.231. The van der Waals surface area contributed by atoms with Crippen molar-refractivity contribution in [1.29, 1.82) is 5.26 Å². The molecular formula is C26H21FN4O4. The zero-order valence-corrected chi connectivity index (χ0v) is 19.1. The van der Waals surface area contributed by atoms with Crippen molar-refractivity contribution >= 4 is 22.8 Å². The number of esters is 1. The van der Waals surface area contributed by atoms with Gasteiger partial charge in [-0.2, -0.15) is 5.26 Å². The molecule has 1 aromatic carbocycles. The van der Waals surface area contributed by atoms with Gasteiger partial charge in [0.05, 0.1) is 31.0 Å². The van der Waals surface area contributed by atoms with E-state index in [1.165, 1.54) is 26.5 Å². The summed E-state index contributed by atoms with van der Waals surface area (Å²) in [5.74, 6) is 0.286. The number of methoxy groups -OCH3 is 2. The standard InChI is InChI=1S/C26H21FN4O4/c1-33-23-11-21(26(32)34-2)30-13-19(23)24-10-20-25(35-24)18(5-7-29-20)15-3-4-22(16(9-15)12-28)31-8-6-17(27)14-31/h3-5,7,9-11,13,17H,6,8,14H2,1-2H3. The third-order valence-electron chi connectivity index (χ3n) is 6.06. The minimum Gasteiger partial charge on any atom is -0.496 e. The predicted molar refractivity (Wildman–Crippen MR) is 127 cm³/mol. The Balaban J connectivity index is 1.56. The molecule has 0 spiro atoms. The van der Waals surface area contributed by atoms with Crippen LogP contribution in [0, 0.1) is 11.3 Å². The van der Waals surface area contributed by atoms with Crippen LogP contribution >= 0.6 is 0 Å². The second kappa shape index (κ2) is 9.06. The van der Waals surface area contributed by atoms with Crippen molar-refractivity contribution in [2.75, 3.05) is 32.2 Å². The summed E-state index contributed by atoms with van der Waals surface area (Å²) in [7, 11) is 2.77. The maximum Gasteiger partial charge on any atom is 0.356 e. The van der Waals surface area contributed by atoms with Crippen molar-refractivity contribution in [2.24, 2.45) is 0 Å². The summed E-state index contributed by atoms with van der Waals surface area (Å²) in [6, 6.07) is 12.8. The zero-order valence-electron chi connectivity index (χ0n) is 19.1. The number of nitriles is 1. The molecule has 1 fully saturated rings. The van der Waals surface area contributed by atoms with E-state index < -0.39 is 12.1 Å². The first-order chi connectivity index (χ1) is 17.0. The number of fused-ring (bicyclic) bond motifs is 1. The van der Waals surface area contributed by atoms with E-state index in [9.17, 15) is 14.4 Å². The van der Waals surface area contributed by atoms with Crippen LogP contribution in [0.5, 0.6) is 5.75 Å². The number of pyridine rings is 2. The molecule has 176 valence electrons. The van der Waals surface area contributed by atoms with Crippen LogP contribution in [-0.2, 0) is 4.74 Å². The van der Waals surface area contributed by atoms with Gasteiger partial charge in [0.15, 0.2) is 11.3 Å². The number of carbonyl (C=O) groups is 1. The molecule has 0 amide bonds. The van der Waals surface area contributed by atoms with Crippen LogP contribution in [-0.4, -0.2) is 49.4 Å². The molecule has 1 atom stereocenters. The molecule has 0 bridgehead atoms. The zero-order chi connectivity index (χ0) is 24.5. The summed E-state index contributed by atoms with van der Waals surface area (Å²) < 4.78 is 30.1. The van der Waals surface area contributed by atoms with Gasteiger partial charge in [0, 0.05) is 43.2 Å². The lowest BCUT2D eigenvalue weighted by Crippen LogP contribution is -2.20. The van der Waals surface area contributed by atoms with E-state index in [1.54, 1.807) is 18.3 Å². The first-order valence-corrected chi connectivity index (χ1v) is 11.0. The van der Waals surface area contributed by atoms with Crippen molar-refractivity contribution in [3.8, 4) is 34.3 Å². The fourth-order valence-corrected chi connectivity index (χ4v) is 4.31. The third kappa shape index (κ3) is 4.04. The van der Waals surface area contributed by atoms with E-state index >= 15 is 0 Å². The lowest BCUT2D eigenvalue weighted by Gasteiger charge is -2.19. The fourth-order valence-electron chi connectivity index (χ4n) is 4.31. The summed E-state index contributed by atoms with van der Waals surface area (Å²) in [4.78, 5) is 22.3. The number of nitrogens with zero attached hydrogens (tertiary/aromatic N) is 4. The Labute approximate surface area is 200 Å².